The lowest BCUT2D eigenvalue weighted by molar-refractivity contribution is 1.06. The Morgan fingerprint density at radius 2 is 0.709 bits per heavy atom. The lowest BCUT2D eigenvalue weighted by atomic mass is 9.98. The number of para-hydroxylation sites is 2. The molecule has 55 heavy (non-hydrogen) atoms. The molecule has 2 aromatic heterocycles. The molecule has 10 aromatic rings. The summed E-state index contributed by atoms with van der Waals surface area (Å²) in [5.74, 6) is 1.01. The zero-order valence-corrected chi connectivity index (χ0v) is 29.3. The van der Waals surface area contributed by atoms with E-state index in [0.717, 1.165) is 44.5 Å². The first-order valence-electron chi connectivity index (χ1n) is 21.9. The van der Waals surface area contributed by atoms with E-state index in [-0.39, 0.29) is 27.6 Å². The molecule has 0 radical (unpaired) electrons. The van der Waals surface area contributed by atoms with Gasteiger partial charge in [-0.3, -0.25) is 0 Å². The molecular weight excluding hydrogens is 669 g/mol. The molecule has 0 fully saturated rings. The van der Waals surface area contributed by atoms with Gasteiger partial charge >= 0.3 is 0 Å². The number of aromatic nitrogens is 4. The summed E-state index contributed by atoms with van der Waals surface area (Å²) in [5.41, 5.74) is 8.08. The van der Waals surface area contributed by atoms with E-state index in [2.05, 4.69) is 12.1 Å². The van der Waals surface area contributed by atoms with Gasteiger partial charge in [-0.05, 0) is 57.6 Å². The molecule has 258 valence electrons. The molecule has 0 aliphatic heterocycles. The standard InChI is InChI=1S/C51H34N4/c1-4-14-35(15-5-1)37-24-26-39(27-25-37)42-32-33-48(55-46-22-12-10-20-43(46)44-21-11-13-23-47(44)55)45(34-42)51-53-49(40-18-8-3-9-19-40)52-50(54-51)41-30-28-38(29-31-41)36-16-6-2-7-17-36/h1-34H/i10D,11D,12D,13D,20D,21D,22D,23D. The number of fused-ring (bicyclic) bond motifs is 3. The molecule has 10 rings (SSSR count). The maximum absolute atomic E-state index is 9.24. The Hall–Kier alpha value is -7.43. The fourth-order valence-corrected chi connectivity index (χ4v) is 7.02. The van der Waals surface area contributed by atoms with Crippen LogP contribution in [0, 0.1) is 0 Å². The van der Waals surface area contributed by atoms with Crippen molar-refractivity contribution in [1.29, 1.82) is 0 Å². The Morgan fingerprint density at radius 3 is 1.22 bits per heavy atom. The minimum Gasteiger partial charge on any atom is -0.309 e. The largest absolute Gasteiger partial charge is 0.309 e. The van der Waals surface area contributed by atoms with Crippen molar-refractivity contribution in [3.8, 4) is 73.2 Å². The van der Waals surface area contributed by atoms with E-state index in [1.54, 1.807) is 6.07 Å². The molecule has 0 N–H and O–H groups in total. The SMILES string of the molecule is [2H]c1c([2H])c([2H])c2c(c1[2H])c1c([2H])c([2H])c([2H])c([2H])c1n2-c1ccc(-c2ccc(-c3ccccc3)cc2)cc1-c1nc(-c2ccccc2)nc(-c2ccc(-c3ccccc3)cc2)n1. The second-order valence-electron chi connectivity index (χ2n) is 13.1. The van der Waals surface area contributed by atoms with Crippen LogP contribution >= 0.6 is 0 Å². The Bertz CT molecular complexity index is 3320. The molecule has 0 saturated carbocycles. The van der Waals surface area contributed by atoms with Crippen LogP contribution in [0.15, 0.2) is 206 Å². The van der Waals surface area contributed by atoms with Crippen LogP contribution < -0.4 is 0 Å². The highest BCUT2D eigenvalue weighted by Crippen LogP contribution is 2.38. The molecule has 0 unspecified atom stereocenters. The van der Waals surface area contributed by atoms with Crippen molar-refractivity contribution in [2.45, 2.75) is 0 Å². The van der Waals surface area contributed by atoms with Crippen LogP contribution in [0.25, 0.3) is 95.0 Å². The first-order valence-corrected chi connectivity index (χ1v) is 17.9. The average Bonchev–Trinajstić information content (AvgIpc) is 3.71. The minimum atomic E-state index is -0.513. The first kappa shape index (κ1) is 24.7. The van der Waals surface area contributed by atoms with Crippen molar-refractivity contribution in [3.05, 3.63) is 206 Å². The van der Waals surface area contributed by atoms with Gasteiger partial charge in [-0.1, -0.05) is 182 Å². The summed E-state index contributed by atoms with van der Waals surface area (Å²) in [4.78, 5) is 15.2. The van der Waals surface area contributed by atoms with Gasteiger partial charge in [0.25, 0.3) is 0 Å². The van der Waals surface area contributed by atoms with Gasteiger partial charge in [0.15, 0.2) is 17.5 Å². The third-order valence-electron chi connectivity index (χ3n) is 9.75. The fourth-order valence-electron chi connectivity index (χ4n) is 7.02. The van der Waals surface area contributed by atoms with Crippen LogP contribution in [-0.2, 0) is 0 Å². The second kappa shape index (κ2) is 13.8. The molecule has 0 aliphatic carbocycles. The minimum absolute atomic E-state index is 0.00160. The molecule has 0 spiro atoms. The predicted octanol–water partition coefficient (Wildman–Crippen LogP) is 13.0. The summed E-state index contributed by atoms with van der Waals surface area (Å²) in [7, 11) is 0. The molecule has 0 aliphatic rings. The molecular formula is C51H34N4. The van der Waals surface area contributed by atoms with Gasteiger partial charge in [0.2, 0.25) is 0 Å². The van der Waals surface area contributed by atoms with E-state index in [4.69, 9.17) is 23.2 Å². The van der Waals surface area contributed by atoms with Crippen molar-refractivity contribution in [2.75, 3.05) is 0 Å². The van der Waals surface area contributed by atoms with Crippen LogP contribution in [0.2, 0.25) is 0 Å². The zero-order valence-electron chi connectivity index (χ0n) is 37.3. The molecule has 0 saturated heterocycles. The lowest BCUT2D eigenvalue weighted by Gasteiger charge is -2.16. The topological polar surface area (TPSA) is 43.6 Å². The highest BCUT2D eigenvalue weighted by Gasteiger charge is 2.20. The summed E-state index contributed by atoms with van der Waals surface area (Å²) in [5, 5.41) is -0.0383. The summed E-state index contributed by atoms with van der Waals surface area (Å²) < 4.78 is 72.8. The van der Waals surface area contributed by atoms with Crippen molar-refractivity contribution in [3.63, 3.8) is 0 Å². The van der Waals surface area contributed by atoms with Gasteiger partial charge < -0.3 is 4.57 Å². The van der Waals surface area contributed by atoms with E-state index in [1.165, 1.54) is 4.57 Å². The van der Waals surface area contributed by atoms with E-state index in [1.807, 2.05) is 140 Å². The van der Waals surface area contributed by atoms with Crippen molar-refractivity contribution in [1.82, 2.24) is 19.5 Å². The van der Waals surface area contributed by atoms with Crippen molar-refractivity contribution >= 4 is 21.8 Å². The van der Waals surface area contributed by atoms with Crippen LogP contribution in [0.5, 0.6) is 0 Å². The van der Waals surface area contributed by atoms with E-state index >= 15 is 0 Å². The van der Waals surface area contributed by atoms with Gasteiger partial charge in [0, 0.05) is 27.5 Å². The quantitative estimate of drug-likeness (QED) is 0.165. The van der Waals surface area contributed by atoms with Gasteiger partial charge in [-0.2, -0.15) is 0 Å². The van der Waals surface area contributed by atoms with Crippen molar-refractivity contribution in [2.24, 2.45) is 0 Å². The number of rotatable bonds is 7. The molecule has 0 amide bonds. The smallest absolute Gasteiger partial charge is 0.166 e. The van der Waals surface area contributed by atoms with Crippen LogP contribution in [0.1, 0.15) is 11.0 Å². The third kappa shape index (κ3) is 6.06. The van der Waals surface area contributed by atoms with E-state index in [0.29, 0.717) is 22.9 Å². The summed E-state index contributed by atoms with van der Waals surface area (Å²) in [6.07, 6.45) is 0. The van der Waals surface area contributed by atoms with Gasteiger partial charge in [-0.15, -0.1) is 0 Å². The number of hydrogen-bond donors (Lipinski definition) is 0. The van der Waals surface area contributed by atoms with Crippen LogP contribution in [0.4, 0.5) is 0 Å². The Balaban J connectivity index is 1.28. The normalized spacial score (nSPS) is 13.3. The third-order valence-corrected chi connectivity index (χ3v) is 9.75. The molecule has 0 bridgehead atoms. The van der Waals surface area contributed by atoms with Gasteiger partial charge in [0.1, 0.15) is 0 Å². The molecule has 4 nitrogen and oxygen atoms in total. The number of nitrogens with zero attached hydrogens (tertiary/aromatic N) is 4. The predicted molar refractivity (Wildman–Crippen MR) is 227 cm³/mol. The van der Waals surface area contributed by atoms with Crippen LogP contribution in [-0.4, -0.2) is 19.5 Å². The summed E-state index contributed by atoms with van der Waals surface area (Å²) in [6, 6.07) is 47.7. The Morgan fingerprint density at radius 1 is 0.345 bits per heavy atom. The molecule has 4 heteroatoms. The fraction of sp³-hybridized carbons (Fsp3) is 0. The Kier molecular flexibility index (Phi) is 6.23. The van der Waals surface area contributed by atoms with Crippen molar-refractivity contribution < 1.29 is 11.0 Å². The highest BCUT2D eigenvalue weighted by atomic mass is 15.1. The van der Waals surface area contributed by atoms with Gasteiger partial charge in [-0.25, -0.2) is 15.0 Å². The van der Waals surface area contributed by atoms with E-state index < -0.39 is 48.3 Å². The average molecular weight is 711 g/mol. The van der Waals surface area contributed by atoms with Gasteiger partial charge in [0.05, 0.1) is 27.7 Å². The maximum atomic E-state index is 9.24. The summed E-state index contributed by atoms with van der Waals surface area (Å²) >= 11 is 0. The van der Waals surface area contributed by atoms with Crippen LogP contribution in [0.3, 0.4) is 0 Å². The highest BCUT2D eigenvalue weighted by molar-refractivity contribution is 6.09. The monoisotopic (exact) mass is 710 g/mol. The Labute approximate surface area is 331 Å². The molecule has 8 aromatic carbocycles. The molecule has 2 heterocycles. The van der Waals surface area contributed by atoms with E-state index in [9.17, 15) is 2.74 Å². The zero-order chi connectivity index (χ0) is 43.5. The lowest BCUT2D eigenvalue weighted by Crippen LogP contribution is -2.04. The molecule has 0 atom stereocenters. The maximum Gasteiger partial charge on any atom is 0.166 e. The number of hydrogen-bond acceptors (Lipinski definition) is 3. The summed E-state index contributed by atoms with van der Waals surface area (Å²) in [6.45, 7) is 0. The number of benzene rings is 8. The first-order chi connectivity index (χ1) is 30.6. The second-order valence-corrected chi connectivity index (χ2v) is 13.1.